The monoisotopic (exact) mass is 329 g/mol. The van der Waals surface area contributed by atoms with Gasteiger partial charge in [-0.25, -0.2) is 4.79 Å². The van der Waals surface area contributed by atoms with Gasteiger partial charge in [-0.3, -0.25) is 9.69 Å². The first-order valence-electron chi connectivity index (χ1n) is 7.83. The minimum atomic E-state index is -0.435. The number of anilines is 1. The van der Waals surface area contributed by atoms with E-state index in [9.17, 15) is 14.9 Å². The Hall–Kier alpha value is -2.59. The predicted molar refractivity (Wildman–Crippen MR) is 85.5 cm³/mol. The maximum Gasteiger partial charge on any atom is 0.414 e. The largest absolute Gasteiger partial charge is 0.442 e. The molecule has 0 radical (unpaired) electrons. The van der Waals surface area contributed by atoms with Crippen molar-refractivity contribution in [2.24, 2.45) is 0 Å². The van der Waals surface area contributed by atoms with Crippen molar-refractivity contribution in [3.8, 4) is 6.07 Å². The van der Waals surface area contributed by atoms with Gasteiger partial charge in [-0.1, -0.05) is 12.1 Å². The number of nitriles is 1. The fourth-order valence-electron chi connectivity index (χ4n) is 2.80. The van der Waals surface area contributed by atoms with Crippen molar-refractivity contribution < 1.29 is 19.1 Å². The van der Waals surface area contributed by atoms with Crippen molar-refractivity contribution >= 4 is 17.7 Å². The van der Waals surface area contributed by atoms with E-state index in [4.69, 9.17) is 9.47 Å². The van der Waals surface area contributed by atoms with Crippen LogP contribution in [0.5, 0.6) is 0 Å². The fraction of sp³-hybridized carbons (Fsp3) is 0.471. The van der Waals surface area contributed by atoms with E-state index < -0.39 is 12.2 Å². The van der Waals surface area contributed by atoms with Crippen molar-refractivity contribution in [3.63, 3.8) is 0 Å². The van der Waals surface area contributed by atoms with Gasteiger partial charge in [0.15, 0.2) is 0 Å². The van der Waals surface area contributed by atoms with Crippen LogP contribution in [0.3, 0.4) is 0 Å². The van der Waals surface area contributed by atoms with Crippen LogP contribution in [0.1, 0.15) is 18.4 Å². The van der Waals surface area contributed by atoms with E-state index in [1.807, 2.05) is 24.3 Å². The summed E-state index contributed by atoms with van der Waals surface area (Å²) in [5.74, 6) is -0.248. The highest BCUT2D eigenvalue weighted by Crippen LogP contribution is 2.47. The molecular weight excluding hydrogens is 310 g/mol. The van der Waals surface area contributed by atoms with Gasteiger partial charge >= 0.3 is 6.09 Å². The van der Waals surface area contributed by atoms with E-state index >= 15 is 0 Å². The number of nitrogens with one attached hydrogen (secondary N) is 1. The average Bonchev–Trinajstić information content (AvgIpc) is 3.30. The standard InChI is InChI=1S/C17H19N3O4/c1-23-10-15(21)19-8-14-9-20(16(22)24-14)13-4-2-12(3-5-13)17(11-18)6-7-17/h2-5,14H,6-10H2,1H3,(H,19,21). The highest BCUT2D eigenvalue weighted by Gasteiger charge is 2.44. The van der Waals surface area contributed by atoms with Gasteiger partial charge in [0.1, 0.15) is 12.7 Å². The number of cyclic esters (lactones) is 1. The maximum absolute atomic E-state index is 12.0. The molecule has 1 saturated heterocycles. The van der Waals surface area contributed by atoms with Gasteiger partial charge in [0.25, 0.3) is 0 Å². The van der Waals surface area contributed by atoms with E-state index in [0.29, 0.717) is 6.54 Å². The molecule has 1 N–H and O–H groups in total. The molecule has 2 amide bonds. The van der Waals surface area contributed by atoms with Crippen molar-refractivity contribution in [1.82, 2.24) is 5.32 Å². The predicted octanol–water partition coefficient (Wildman–Crippen LogP) is 1.33. The molecule has 24 heavy (non-hydrogen) atoms. The second-order valence-corrected chi connectivity index (χ2v) is 6.09. The van der Waals surface area contributed by atoms with E-state index in [2.05, 4.69) is 11.4 Å². The van der Waals surface area contributed by atoms with E-state index in [1.165, 1.54) is 12.0 Å². The Balaban J connectivity index is 1.60. The van der Waals surface area contributed by atoms with Crippen LogP contribution in [0, 0.1) is 11.3 Å². The zero-order valence-electron chi connectivity index (χ0n) is 13.4. The Morgan fingerprint density at radius 3 is 2.75 bits per heavy atom. The molecule has 1 aliphatic carbocycles. The number of rotatable bonds is 6. The van der Waals surface area contributed by atoms with Crippen LogP contribution in [-0.2, 0) is 19.7 Å². The van der Waals surface area contributed by atoms with Gasteiger partial charge in [-0.05, 0) is 30.5 Å². The van der Waals surface area contributed by atoms with Crippen molar-refractivity contribution in [1.29, 1.82) is 5.26 Å². The van der Waals surface area contributed by atoms with Crippen LogP contribution in [0.15, 0.2) is 24.3 Å². The molecule has 1 atom stereocenters. The lowest BCUT2D eigenvalue weighted by molar-refractivity contribution is -0.125. The highest BCUT2D eigenvalue weighted by molar-refractivity contribution is 5.89. The van der Waals surface area contributed by atoms with E-state index in [0.717, 1.165) is 24.1 Å². The zero-order chi connectivity index (χ0) is 17.2. The lowest BCUT2D eigenvalue weighted by Crippen LogP contribution is -2.36. The number of carbonyl (C=O) groups excluding carboxylic acids is 2. The number of hydrogen-bond acceptors (Lipinski definition) is 5. The summed E-state index contributed by atoms with van der Waals surface area (Å²) < 4.78 is 10.00. The summed E-state index contributed by atoms with van der Waals surface area (Å²) in [5.41, 5.74) is 1.38. The molecule has 1 aromatic rings. The number of methoxy groups -OCH3 is 1. The minimum absolute atomic E-state index is 0.0213. The van der Waals surface area contributed by atoms with Crippen LogP contribution in [0.2, 0.25) is 0 Å². The third-order valence-electron chi connectivity index (χ3n) is 4.37. The Kier molecular flexibility index (Phi) is 4.40. The summed E-state index contributed by atoms with van der Waals surface area (Å²) in [6.45, 7) is 0.599. The van der Waals surface area contributed by atoms with Crippen LogP contribution >= 0.6 is 0 Å². The molecular formula is C17H19N3O4. The molecule has 1 heterocycles. The molecule has 0 aromatic heterocycles. The number of carbonyl (C=O) groups is 2. The molecule has 7 heteroatoms. The average molecular weight is 329 g/mol. The first kappa shape index (κ1) is 16.3. The lowest BCUT2D eigenvalue weighted by Gasteiger charge is -2.14. The number of benzene rings is 1. The third-order valence-corrected chi connectivity index (χ3v) is 4.37. The second kappa shape index (κ2) is 6.49. The Bertz CT molecular complexity index is 676. The SMILES string of the molecule is COCC(=O)NCC1CN(c2ccc(C3(C#N)CC3)cc2)C(=O)O1. The van der Waals surface area contributed by atoms with E-state index in [-0.39, 0.29) is 24.5 Å². The first-order chi connectivity index (χ1) is 11.6. The smallest absolute Gasteiger partial charge is 0.414 e. The molecule has 1 aromatic carbocycles. The number of nitrogens with zero attached hydrogens (tertiary/aromatic N) is 2. The second-order valence-electron chi connectivity index (χ2n) is 6.09. The third kappa shape index (κ3) is 3.19. The summed E-state index contributed by atoms with van der Waals surface area (Å²) in [6, 6.07) is 9.81. The number of hydrogen-bond donors (Lipinski definition) is 1. The zero-order valence-corrected chi connectivity index (χ0v) is 13.4. The van der Waals surface area contributed by atoms with Crippen LogP contribution in [-0.4, -0.2) is 44.9 Å². The Labute approximate surface area is 140 Å². The molecule has 1 saturated carbocycles. The molecule has 1 unspecified atom stereocenters. The normalized spacial score (nSPS) is 21.1. The number of amides is 2. The quantitative estimate of drug-likeness (QED) is 0.850. The lowest BCUT2D eigenvalue weighted by atomic mass is 9.97. The van der Waals surface area contributed by atoms with Crippen LogP contribution in [0.4, 0.5) is 10.5 Å². The Morgan fingerprint density at radius 2 is 2.17 bits per heavy atom. The molecule has 0 bridgehead atoms. The van der Waals surface area contributed by atoms with Gasteiger partial charge < -0.3 is 14.8 Å². The maximum atomic E-state index is 12.0. The molecule has 3 rings (SSSR count). The summed E-state index contributed by atoms with van der Waals surface area (Å²) >= 11 is 0. The summed E-state index contributed by atoms with van der Waals surface area (Å²) in [7, 11) is 1.44. The van der Waals surface area contributed by atoms with E-state index in [1.54, 1.807) is 0 Å². The summed E-state index contributed by atoms with van der Waals surface area (Å²) in [5, 5.41) is 11.9. The number of ether oxygens (including phenoxy) is 2. The molecule has 2 fully saturated rings. The van der Waals surface area contributed by atoms with Gasteiger partial charge in [0, 0.05) is 12.8 Å². The minimum Gasteiger partial charge on any atom is -0.442 e. The highest BCUT2D eigenvalue weighted by atomic mass is 16.6. The van der Waals surface area contributed by atoms with Crippen LogP contribution < -0.4 is 10.2 Å². The molecule has 126 valence electrons. The summed E-state index contributed by atoms with van der Waals surface area (Å²) in [6.07, 6.45) is 0.942. The summed E-state index contributed by atoms with van der Waals surface area (Å²) in [4.78, 5) is 24.9. The molecule has 0 spiro atoms. The fourth-order valence-corrected chi connectivity index (χ4v) is 2.80. The topological polar surface area (TPSA) is 91.7 Å². The van der Waals surface area contributed by atoms with Gasteiger partial charge in [-0.15, -0.1) is 0 Å². The Morgan fingerprint density at radius 1 is 1.46 bits per heavy atom. The first-order valence-corrected chi connectivity index (χ1v) is 7.83. The van der Waals surface area contributed by atoms with Gasteiger partial charge in [0.2, 0.25) is 5.91 Å². The van der Waals surface area contributed by atoms with Gasteiger partial charge in [0.05, 0.1) is 24.6 Å². The van der Waals surface area contributed by atoms with Gasteiger partial charge in [-0.2, -0.15) is 5.26 Å². The molecule has 1 aliphatic heterocycles. The van der Waals surface area contributed by atoms with Crippen LogP contribution in [0.25, 0.3) is 0 Å². The molecule has 7 nitrogen and oxygen atoms in total. The van der Waals surface area contributed by atoms with Crippen molar-refractivity contribution in [2.45, 2.75) is 24.4 Å². The van der Waals surface area contributed by atoms with Crippen molar-refractivity contribution in [2.75, 3.05) is 31.7 Å². The van der Waals surface area contributed by atoms with Crippen molar-refractivity contribution in [3.05, 3.63) is 29.8 Å². The molecule has 2 aliphatic rings.